The summed E-state index contributed by atoms with van der Waals surface area (Å²) in [6.07, 6.45) is -1.83. The summed E-state index contributed by atoms with van der Waals surface area (Å²) in [4.78, 5) is 34.9. The van der Waals surface area contributed by atoms with E-state index >= 15 is 0 Å². The number of aromatic nitrogens is 3. The van der Waals surface area contributed by atoms with Crippen LogP contribution in [0, 0.1) is 12.7 Å². The molecule has 0 bridgehead atoms. The number of amidine groups is 1. The predicted octanol–water partition coefficient (Wildman–Crippen LogP) is 6.41. The Kier molecular flexibility index (Phi) is 9.37. The van der Waals surface area contributed by atoms with E-state index in [9.17, 15) is 27.2 Å². The van der Waals surface area contributed by atoms with E-state index < -0.39 is 24.9 Å². The van der Waals surface area contributed by atoms with Gasteiger partial charge in [-0.1, -0.05) is 37.2 Å². The van der Waals surface area contributed by atoms with E-state index in [0.717, 1.165) is 53.9 Å². The Labute approximate surface area is 259 Å². The summed E-state index contributed by atoms with van der Waals surface area (Å²) in [5.41, 5.74) is 3.37. The molecule has 3 aromatic carbocycles. The highest BCUT2D eigenvalue weighted by Gasteiger charge is 2.32. The van der Waals surface area contributed by atoms with Crippen LogP contribution in [-0.2, 0) is 11.2 Å². The topological polar surface area (TPSA) is 111 Å². The number of rotatable bonds is 9. The number of aryl methyl sites for hydroxylation is 2. The van der Waals surface area contributed by atoms with Gasteiger partial charge in [0.15, 0.2) is 29.3 Å². The van der Waals surface area contributed by atoms with Crippen LogP contribution in [0.1, 0.15) is 24.5 Å². The summed E-state index contributed by atoms with van der Waals surface area (Å²) in [5.74, 6) is -1.16. The van der Waals surface area contributed by atoms with Crippen LogP contribution in [0.2, 0.25) is 0 Å². The minimum Gasteiger partial charge on any atom is -0.470 e. The van der Waals surface area contributed by atoms with Crippen molar-refractivity contribution in [2.45, 2.75) is 33.1 Å². The number of carbonyl (C=O) groups is 2. The van der Waals surface area contributed by atoms with Gasteiger partial charge in [0.05, 0.1) is 17.1 Å². The molecule has 10 nitrogen and oxygen atoms in total. The summed E-state index contributed by atoms with van der Waals surface area (Å²) in [6, 6.07) is 14.1. The van der Waals surface area contributed by atoms with Crippen molar-refractivity contribution in [3.63, 3.8) is 0 Å². The van der Waals surface area contributed by atoms with Crippen molar-refractivity contribution in [1.29, 1.82) is 0 Å². The van der Waals surface area contributed by atoms with Gasteiger partial charge in [-0.3, -0.25) is 9.69 Å². The number of thioether (sulfide) groups is 1. The van der Waals surface area contributed by atoms with Gasteiger partial charge in [-0.05, 0) is 73.0 Å². The number of hydrogen-bond donors (Lipinski definition) is 1. The van der Waals surface area contributed by atoms with Gasteiger partial charge >= 0.3 is 12.4 Å². The minimum atomic E-state index is -4.81. The molecule has 0 aliphatic carbocycles. The number of ether oxygens (including phenoxy) is 2. The third kappa shape index (κ3) is 7.78. The molecule has 2 heterocycles. The van der Waals surface area contributed by atoms with Crippen LogP contribution in [0.4, 0.5) is 28.0 Å². The van der Waals surface area contributed by atoms with Crippen LogP contribution in [0.25, 0.3) is 17.1 Å². The molecule has 1 fully saturated rings. The molecule has 1 saturated heterocycles. The van der Waals surface area contributed by atoms with Crippen molar-refractivity contribution < 1.29 is 36.6 Å². The molecule has 4 aromatic rings. The van der Waals surface area contributed by atoms with Gasteiger partial charge in [-0.2, -0.15) is 4.99 Å². The molecule has 1 aromatic heterocycles. The van der Waals surface area contributed by atoms with Crippen LogP contribution < -0.4 is 19.7 Å². The largest absolute Gasteiger partial charge is 0.573 e. The standard InChI is InChI=1S/C30H26F4N6O4S/c1-3-4-19-6-5-18(2)13-24(19)40-26(41)15-45-29(40)37-28(42)36-17-43-25-12-7-20(14-23(25)31)27-35-16-39(38-27)21-8-10-22(11-9-21)44-30(32,33)34/h5-14,16H,3-4,15,17H2,1-2H3,(H,36,42). The van der Waals surface area contributed by atoms with Crippen molar-refractivity contribution >= 4 is 34.6 Å². The second-order valence-electron chi connectivity index (χ2n) is 9.76. The first-order chi connectivity index (χ1) is 21.5. The number of alkyl halides is 3. The molecule has 234 valence electrons. The zero-order valence-electron chi connectivity index (χ0n) is 24.0. The molecular formula is C30H26F4N6O4S. The van der Waals surface area contributed by atoms with Crippen molar-refractivity contribution in [2.24, 2.45) is 4.99 Å². The first-order valence-corrected chi connectivity index (χ1v) is 14.6. The zero-order chi connectivity index (χ0) is 32.1. The molecule has 45 heavy (non-hydrogen) atoms. The van der Waals surface area contributed by atoms with Crippen molar-refractivity contribution in [2.75, 3.05) is 17.4 Å². The highest BCUT2D eigenvalue weighted by atomic mass is 32.2. The van der Waals surface area contributed by atoms with Gasteiger partial charge in [0, 0.05) is 5.56 Å². The van der Waals surface area contributed by atoms with Crippen LogP contribution >= 0.6 is 11.8 Å². The molecule has 15 heteroatoms. The van der Waals surface area contributed by atoms with E-state index in [-0.39, 0.29) is 34.2 Å². The molecule has 1 N–H and O–H groups in total. The quantitative estimate of drug-likeness (QED) is 0.166. The third-order valence-corrected chi connectivity index (χ3v) is 7.35. The fraction of sp³-hybridized carbons (Fsp3) is 0.233. The number of aliphatic imine (C=N–C) groups is 1. The summed E-state index contributed by atoms with van der Waals surface area (Å²) in [6.45, 7) is 3.57. The number of hydrogen-bond acceptors (Lipinski definition) is 7. The Bertz CT molecular complexity index is 1740. The molecule has 1 aliphatic heterocycles. The number of benzene rings is 3. The fourth-order valence-corrected chi connectivity index (χ4v) is 5.28. The highest BCUT2D eigenvalue weighted by Crippen LogP contribution is 2.31. The van der Waals surface area contributed by atoms with E-state index in [1.54, 1.807) is 0 Å². The molecule has 3 amide bonds. The Morgan fingerprint density at radius 1 is 1.11 bits per heavy atom. The van der Waals surface area contributed by atoms with Gasteiger partial charge in [0.25, 0.3) is 0 Å². The monoisotopic (exact) mass is 642 g/mol. The lowest BCUT2D eigenvalue weighted by Crippen LogP contribution is -2.33. The number of anilines is 1. The average Bonchev–Trinajstić information content (AvgIpc) is 3.62. The second-order valence-corrected chi connectivity index (χ2v) is 10.7. The maximum atomic E-state index is 14.8. The Morgan fingerprint density at radius 3 is 2.60 bits per heavy atom. The Hall–Kier alpha value is -4.92. The molecule has 0 spiro atoms. The van der Waals surface area contributed by atoms with E-state index in [4.69, 9.17) is 4.74 Å². The first-order valence-electron chi connectivity index (χ1n) is 13.6. The molecule has 0 atom stereocenters. The molecular weight excluding hydrogens is 616 g/mol. The smallest absolute Gasteiger partial charge is 0.470 e. The number of nitrogens with one attached hydrogen (secondary N) is 1. The summed E-state index contributed by atoms with van der Waals surface area (Å²) >= 11 is 1.15. The van der Waals surface area contributed by atoms with Crippen LogP contribution in [0.3, 0.4) is 0 Å². The van der Waals surface area contributed by atoms with E-state index in [1.165, 1.54) is 40.2 Å². The van der Waals surface area contributed by atoms with Crippen molar-refractivity contribution in [3.05, 3.63) is 83.9 Å². The van der Waals surface area contributed by atoms with Crippen LogP contribution in [0.5, 0.6) is 11.5 Å². The van der Waals surface area contributed by atoms with Gasteiger partial charge < -0.3 is 14.8 Å². The lowest BCUT2D eigenvalue weighted by molar-refractivity contribution is -0.274. The maximum Gasteiger partial charge on any atom is 0.573 e. The fourth-order valence-electron chi connectivity index (χ4n) is 4.42. The van der Waals surface area contributed by atoms with Gasteiger partial charge in [-0.25, -0.2) is 18.9 Å². The number of amides is 3. The van der Waals surface area contributed by atoms with E-state index in [2.05, 4.69) is 25.1 Å². The number of urea groups is 1. The maximum absolute atomic E-state index is 14.8. The third-order valence-electron chi connectivity index (χ3n) is 6.43. The van der Waals surface area contributed by atoms with Crippen molar-refractivity contribution in [3.8, 4) is 28.6 Å². The lowest BCUT2D eigenvalue weighted by Gasteiger charge is -2.20. The minimum absolute atomic E-state index is 0.149. The summed E-state index contributed by atoms with van der Waals surface area (Å²) < 4.78 is 62.6. The summed E-state index contributed by atoms with van der Waals surface area (Å²) in [5, 5.41) is 6.93. The molecule has 0 unspecified atom stereocenters. The Balaban J connectivity index is 1.20. The number of nitrogens with zero attached hydrogens (tertiary/aromatic N) is 5. The van der Waals surface area contributed by atoms with E-state index in [0.29, 0.717) is 16.9 Å². The molecule has 1 aliphatic rings. The zero-order valence-corrected chi connectivity index (χ0v) is 24.8. The average molecular weight is 643 g/mol. The van der Waals surface area contributed by atoms with Gasteiger partial charge in [-0.15, -0.1) is 18.3 Å². The molecule has 0 saturated carbocycles. The van der Waals surface area contributed by atoms with Crippen molar-refractivity contribution in [1.82, 2.24) is 20.1 Å². The first kappa shape index (κ1) is 31.5. The summed E-state index contributed by atoms with van der Waals surface area (Å²) in [7, 11) is 0. The van der Waals surface area contributed by atoms with E-state index in [1.807, 2.05) is 32.0 Å². The second kappa shape index (κ2) is 13.4. The molecule has 0 radical (unpaired) electrons. The van der Waals surface area contributed by atoms with Crippen LogP contribution in [-0.4, -0.2) is 50.7 Å². The SMILES string of the molecule is CCCc1ccc(C)cc1N1C(=O)CSC1=NC(=O)NCOc1ccc(-c2ncn(-c3ccc(OC(F)(F)F)cc3)n2)cc1F. The van der Waals surface area contributed by atoms with Gasteiger partial charge in [0.1, 0.15) is 12.1 Å². The normalized spacial score (nSPS) is 14.2. The lowest BCUT2D eigenvalue weighted by atomic mass is 10.0. The Morgan fingerprint density at radius 2 is 1.89 bits per heavy atom. The van der Waals surface area contributed by atoms with Crippen LogP contribution in [0.15, 0.2) is 72.0 Å². The molecule has 5 rings (SSSR count). The number of carbonyl (C=O) groups excluding carboxylic acids is 2. The predicted molar refractivity (Wildman–Crippen MR) is 160 cm³/mol. The van der Waals surface area contributed by atoms with Gasteiger partial charge in [0.2, 0.25) is 5.91 Å². The highest BCUT2D eigenvalue weighted by molar-refractivity contribution is 8.15. The number of halogens is 4.